The van der Waals surface area contributed by atoms with Crippen LogP contribution in [0.25, 0.3) is 5.69 Å². The van der Waals surface area contributed by atoms with E-state index in [1.807, 2.05) is 58.4 Å². The van der Waals surface area contributed by atoms with Gasteiger partial charge in [0.05, 0.1) is 24.5 Å². The molecule has 1 saturated heterocycles. The molecule has 1 aliphatic rings. The third-order valence-corrected chi connectivity index (χ3v) is 5.87. The van der Waals surface area contributed by atoms with E-state index in [1.165, 1.54) is 4.88 Å². The molecule has 2 aromatic heterocycles. The monoisotopic (exact) mass is 395 g/mol. The van der Waals surface area contributed by atoms with Crippen molar-refractivity contribution in [1.29, 1.82) is 0 Å². The summed E-state index contributed by atoms with van der Waals surface area (Å²) in [6, 6.07) is 14.1. The summed E-state index contributed by atoms with van der Waals surface area (Å²) in [6.07, 6.45) is 7.33. The van der Waals surface area contributed by atoms with E-state index in [9.17, 15) is 4.79 Å². The first-order valence-electron chi connectivity index (χ1n) is 9.78. The minimum absolute atomic E-state index is 0.171. The van der Waals surface area contributed by atoms with Crippen LogP contribution in [0, 0.1) is 0 Å². The van der Waals surface area contributed by atoms with Crippen LogP contribution in [-0.2, 0) is 22.5 Å². The molecule has 0 N–H and O–H groups in total. The van der Waals surface area contributed by atoms with E-state index in [1.54, 1.807) is 11.3 Å². The quantitative estimate of drug-likeness (QED) is 0.578. The number of para-hydroxylation sites is 1. The molecule has 1 fully saturated rings. The Kier molecular flexibility index (Phi) is 6.19. The summed E-state index contributed by atoms with van der Waals surface area (Å²) in [5.74, 6) is 0.177. The molecule has 0 spiro atoms. The lowest BCUT2D eigenvalue weighted by Gasteiger charge is -2.25. The van der Waals surface area contributed by atoms with Crippen LogP contribution in [0.4, 0.5) is 0 Å². The van der Waals surface area contributed by atoms with Gasteiger partial charge in [-0.05, 0) is 48.4 Å². The van der Waals surface area contributed by atoms with Crippen molar-refractivity contribution in [3.05, 3.63) is 70.7 Å². The van der Waals surface area contributed by atoms with Crippen LogP contribution in [0.3, 0.4) is 0 Å². The van der Waals surface area contributed by atoms with Gasteiger partial charge in [-0.25, -0.2) is 4.68 Å². The number of amides is 1. The molecule has 146 valence electrons. The van der Waals surface area contributed by atoms with Gasteiger partial charge in [0.2, 0.25) is 5.91 Å². The maximum absolute atomic E-state index is 13.0. The molecule has 6 heteroatoms. The van der Waals surface area contributed by atoms with Gasteiger partial charge in [-0.3, -0.25) is 4.79 Å². The second-order valence-corrected chi connectivity index (χ2v) is 8.15. The number of nitrogens with zero attached hydrogens (tertiary/aromatic N) is 3. The lowest BCUT2D eigenvalue weighted by atomic mass is 10.1. The minimum atomic E-state index is 0.171. The highest BCUT2D eigenvalue weighted by Gasteiger charge is 2.23. The number of thiophene rings is 1. The molecule has 1 amide bonds. The summed E-state index contributed by atoms with van der Waals surface area (Å²) in [5, 5.41) is 6.48. The van der Waals surface area contributed by atoms with E-state index in [0.717, 1.165) is 30.7 Å². The van der Waals surface area contributed by atoms with Gasteiger partial charge in [0.15, 0.2) is 0 Å². The molecule has 1 aliphatic heterocycles. The largest absolute Gasteiger partial charge is 0.376 e. The topological polar surface area (TPSA) is 47.4 Å². The standard InChI is InChI=1S/C22H25N3O2S/c26-22(11-10-18-14-23-25(15-18)19-6-2-1-3-7-19)24(16-20-8-4-12-27-20)17-21-9-5-13-28-21/h1-3,5-7,9,13-15,20H,4,8,10-12,16-17H2. The normalized spacial score (nSPS) is 16.4. The van der Waals surface area contributed by atoms with Crippen molar-refractivity contribution in [3.63, 3.8) is 0 Å². The van der Waals surface area contributed by atoms with Gasteiger partial charge in [-0.15, -0.1) is 11.3 Å². The Morgan fingerprint density at radius 2 is 2.14 bits per heavy atom. The number of hydrogen-bond donors (Lipinski definition) is 0. The number of carbonyl (C=O) groups is 1. The molecular weight excluding hydrogens is 370 g/mol. The van der Waals surface area contributed by atoms with Gasteiger partial charge in [0.1, 0.15) is 0 Å². The second-order valence-electron chi connectivity index (χ2n) is 7.12. The Balaban J connectivity index is 1.37. The maximum atomic E-state index is 13.0. The van der Waals surface area contributed by atoms with Gasteiger partial charge >= 0.3 is 0 Å². The Bertz CT molecular complexity index is 870. The van der Waals surface area contributed by atoms with E-state index in [4.69, 9.17) is 4.74 Å². The van der Waals surface area contributed by atoms with Crippen LogP contribution in [0.5, 0.6) is 0 Å². The van der Waals surface area contributed by atoms with Gasteiger partial charge in [0.25, 0.3) is 0 Å². The summed E-state index contributed by atoms with van der Waals surface area (Å²) in [5.41, 5.74) is 2.10. The summed E-state index contributed by atoms with van der Waals surface area (Å²) in [7, 11) is 0. The number of aryl methyl sites for hydroxylation is 1. The van der Waals surface area contributed by atoms with Crippen LogP contribution in [0.1, 0.15) is 29.7 Å². The van der Waals surface area contributed by atoms with Gasteiger partial charge < -0.3 is 9.64 Å². The van der Waals surface area contributed by atoms with Crippen LogP contribution >= 0.6 is 11.3 Å². The van der Waals surface area contributed by atoms with Gasteiger partial charge in [-0.2, -0.15) is 5.10 Å². The van der Waals surface area contributed by atoms with Crippen molar-refractivity contribution < 1.29 is 9.53 Å². The maximum Gasteiger partial charge on any atom is 0.223 e. The summed E-state index contributed by atoms with van der Waals surface area (Å²) < 4.78 is 7.62. The van der Waals surface area contributed by atoms with E-state index >= 15 is 0 Å². The first-order chi connectivity index (χ1) is 13.8. The molecule has 3 aromatic rings. The number of carbonyl (C=O) groups excluding carboxylic acids is 1. The lowest BCUT2D eigenvalue weighted by Crippen LogP contribution is -2.36. The lowest BCUT2D eigenvalue weighted by molar-refractivity contribution is -0.133. The molecule has 0 radical (unpaired) electrons. The van der Waals surface area contributed by atoms with E-state index in [2.05, 4.69) is 16.5 Å². The number of aromatic nitrogens is 2. The van der Waals surface area contributed by atoms with Crippen molar-refractivity contribution in [2.45, 2.75) is 38.3 Å². The third-order valence-electron chi connectivity index (χ3n) is 5.01. The Morgan fingerprint density at radius 3 is 2.89 bits per heavy atom. The average molecular weight is 396 g/mol. The molecule has 0 saturated carbocycles. The predicted molar refractivity (Wildman–Crippen MR) is 111 cm³/mol. The van der Waals surface area contributed by atoms with Gasteiger partial charge in [0, 0.05) is 30.6 Å². The second kappa shape index (κ2) is 9.17. The molecule has 4 rings (SSSR count). The highest BCUT2D eigenvalue weighted by Crippen LogP contribution is 2.18. The van der Waals surface area contributed by atoms with Crippen molar-refractivity contribution in [2.75, 3.05) is 13.2 Å². The molecule has 1 aromatic carbocycles. The van der Waals surface area contributed by atoms with E-state index in [-0.39, 0.29) is 12.0 Å². The third kappa shape index (κ3) is 4.88. The number of rotatable bonds is 8. The molecular formula is C22H25N3O2S. The minimum Gasteiger partial charge on any atom is -0.376 e. The zero-order chi connectivity index (χ0) is 19.2. The van der Waals surface area contributed by atoms with Crippen molar-refractivity contribution in [3.8, 4) is 5.69 Å². The van der Waals surface area contributed by atoms with Crippen molar-refractivity contribution >= 4 is 17.2 Å². The molecule has 28 heavy (non-hydrogen) atoms. The fourth-order valence-corrected chi connectivity index (χ4v) is 4.22. The summed E-state index contributed by atoms with van der Waals surface area (Å²) in [4.78, 5) is 16.1. The van der Waals surface area contributed by atoms with E-state index in [0.29, 0.717) is 25.9 Å². The first-order valence-corrected chi connectivity index (χ1v) is 10.7. The van der Waals surface area contributed by atoms with Crippen LogP contribution < -0.4 is 0 Å². The Hall–Kier alpha value is -2.44. The van der Waals surface area contributed by atoms with Crippen LogP contribution in [-0.4, -0.2) is 39.8 Å². The van der Waals surface area contributed by atoms with Crippen LogP contribution in [0.15, 0.2) is 60.2 Å². The zero-order valence-corrected chi connectivity index (χ0v) is 16.7. The number of benzene rings is 1. The highest BCUT2D eigenvalue weighted by molar-refractivity contribution is 7.09. The fourth-order valence-electron chi connectivity index (χ4n) is 3.50. The summed E-state index contributed by atoms with van der Waals surface area (Å²) >= 11 is 1.69. The SMILES string of the molecule is O=C(CCc1cnn(-c2ccccc2)c1)N(Cc1cccs1)CC1CCCO1. The highest BCUT2D eigenvalue weighted by atomic mass is 32.1. The molecule has 1 atom stereocenters. The van der Waals surface area contributed by atoms with Crippen LogP contribution in [0.2, 0.25) is 0 Å². The van der Waals surface area contributed by atoms with E-state index < -0.39 is 0 Å². The fraction of sp³-hybridized carbons (Fsp3) is 0.364. The smallest absolute Gasteiger partial charge is 0.223 e. The molecule has 1 unspecified atom stereocenters. The van der Waals surface area contributed by atoms with Gasteiger partial charge in [-0.1, -0.05) is 24.3 Å². The summed E-state index contributed by atoms with van der Waals surface area (Å²) in [6.45, 7) is 2.16. The van der Waals surface area contributed by atoms with Crippen molar-refractivity contribution in [2.24, 2.45) is 0 Å². The average Bonchev–Trinajstić information content (AvgIpc) is 3.49. The molecule has 0 aliphatic carbocycles. The number of hydrogen-bond acceptors (Lipinski definition) is 4. The Morgan fingerprint density at radius 1 is 1.25 bits per heavy atom. The predicted octanol–water partition coefficient (Wildman–Crippen LogP) is 4.07. The molecule has 3 heterocycles. The van der Waals surface area contributed by atoms with Crippen molar-refractivity contribution in [1.82, 2.24) is 14.7 Å². The zero-order valence-electron chi connectivity index (χ0n) is 15.9. The molecule has 5 nitrogen and oxygen atoms in total. The Labute approximate surface area is 169 Å². The first kappa shape index (κ1) is 18.9. The number of ether oxygens (including phenoxy) is 1. The molecule has 0 bridgehead atoms.